The van der Waals surface area contributed by atoms with Crippen LogP contribution in [0.25, 0.3) is 0 Å². The molecule has 6 heteroatoms. The van der Waals surface area contributed by atoms with Crippen molar-refractivity contribution in [1.29, 1.82) is 0 Å². The number of alkyl halides is 1. The SMILES string of the molecule is N[C@@H](Cc1ccccc1)C(=O)OC1OC(=O)c2ccccc2C1Cl. The third kappa shape index (κ3) is 3.42. The van der Waals surface area contributed by atoms with Gasteiger partial charge < -0.3 is 15.2 Å². The van der Waals surface area contributed by atoms with E-state index in [1.165, 1.54) is 0 Å². The van der Waals surface area contributed by atoms with Crippen molar-refractivity contribution < 1.29 is 19.1 Å². The molecule has 0 saturated carbocycles. The molecule has 0 spiro atoms. The number of fused-ring (bicyclic) bond motifs is 1. The number of nitrogens with two attached hydrogens (primary N) is 1. The van der Waals surface area contributed by atoms with Crippen molar-refractivity contribution >= 4 is 23.5 Å². The van der Waals surface area contributed by atoms with Gasteiger partial charge in [0.25, 0.3) is 6.29 Å². The number of carbonyl (C=O) groups is 2. The predicted octanol–water partition coefficient (Wildman–Crippen LogP) is 2.58. The molecule has 2 aromatic carbocycles. The molecule has 24 heavy (non-hydrogen) atoms. The first-order valence-corrected chi connectivity index (χ1v) is 7.94. The smallest absolute Gasteiger partial charge is 0.341 e. The Hall–Kier alpha value is -2.37. The van der Waals surface area contributed by atoms with Gasteiger partial charge >= 0.3 is 11.9 Å². The Bertz CT molecular complexity index is 750. The van der Waals surface area contributed by atoms with E-state index in [1.807, 2.05) is 30.3 Å². The molecule has 0 fully saturated rings. The van der Waals surface area contributed by atoms with Crippen molar-refractivity contribution in [2.24, 2.45) is 5.73 Å². The van der Waals surface area contributed by atoms with Crippen LogP contribution in [0.3, 0.4) is 0 Å². The van der Waals surface area contributed by atoms with Crippen LogP contribution in [0.1, 0.15) is 26.9 Å². The standard InChI is InChI=1S/C18H16ClNO4/c19-15-12-8-4-5-9-13(12)16(21)23-18(15)24-17(22)14(20)10-11-6-2-1-3-7-11/h1-9,14-15,18H,10,20H2/t14-,15?,18?/m0/s1. The maximum Gasteiger partial charge on any atom is 0.341 e. The van der Waals surface area contributed by atoms with Gasteiger partial charge in [-0.25, -0.2) is 4.79 Å². The van der Waals surface area contributed by atoms with E-state index in [9.17, 15) is 9.59 Å². The van der Waals surface area contributed by atoms with Gasteiger partial charge in [-0.3, -0.25) is 4.79 Å². The summed E-state index contributed by atoms with van der Waals surface area (Å²) in [6.07, 6.45) is -0.868. The second-order valence-corrected chi connectivity index (χ2v) is 5.97. The number of cyclic esters (lactones) is 1. The fraction of sp³-hybridized carbons (Fsp3) is 0.222. The monoisotopic (exact) mass is 345 g/mol. The van der Waals surface area contributed by atoms with Crippen molar-refractivity contribution in [3.8, 4) is 0 Å². The number of carbonyl (C=O) groups excluding carboxylic acids is 2. The first kappa shape index (κ1) is 16.5. The number of hydrogen-bond acceptors (Lipinski definition) is 5. The Kier molecular flexibility index (Phi) is 4.83. The Morgan fingerprint density at radius 1 is 1.17 bits per heavy atom. The first-order chi connectivity index (χ1) is 11.6. The van der Waals surface area contributed by atoms with Gasteiger partial charge in [-0.1, -0.05) is 48.5 Å². The summed E-state index contributed by atoms with van der Waals surface area (Å²) in [5.74, 6) is -1.24. The number of halogens is 1. The van der Waals surface area contributed by atoms with Gasteiger partial charge in [0.15, 0.2) is 0 Å². The lowest BCUT2D eigenvalue weighted by Crippen LogP contribution is -2.40. The fourth-order valence-electron chi connectivity index (χ4n) is 2.54. The van der Waals surface area contributed by atoms with E-state index in [4.69, 9.17) is 26.8 Å². The molecule has 0 aromatic heterocycles. The first-order valence-electron chi connectivity index (χ1n) is 7.50. The van der Waals surface area contributed by atoms with Crippen molar-refractivity contribution in [1.82, 2.24) is 0 Å². The number of rotatable bonds is 4. The third-order valence-corrected chi connectivity index (χ3v) is 4.21. The molecule has 3 rings (SSSR count). The molecule has 0 radical (unpaired) electrons. The van der Waals surface area contributed by atoms with Gasteiger partial charge in [0.2, 0.25) is 0 Å². The van der Waals surface area contributed by atoms with E-state index in [2.05, 4.69) is 0 Å². The zero-order valence-electron chi connectivity index (χ0n) is 12.7. The van der Waals surface area contributed by atoms with Crippen molar-refractivity contribution in [3.05, 3.63) is 71.3 Å². The molecule has 0 amide bonds. The molecule has 0 saturated heterocycles. The predicted molar refractivity (Wildman–Crippen MR) is 88.5 cm³/mol. The lowest BCUT2D eigenvalue weighted by Gasteiger charge is -2.29. The van der Waals surface area contributed by atoms with Gasteiger partial charge in [0.05, 0.1) is 5.56 Å². The summed E-state index contributed by atoms with van der Waals surface area (Å²) < 4.78 is 10.4. The summed E-state index contributed by atoms with van der Waals surface area (Å²) in [5, 5.41) is -0.772. The molecule has 124 valence electrons. The molecular formula is C18H16ClNO4. The Balaban J connectivity index is 1.67. The van der Waals surface area contributed by atoms with Crippen LogP contribution in [-0.4, -0.2) is 24.3 Å². The molecule has 0 bridgehead atoms. The van der Waals surface area contributed by atoms with Crippen LogP contribution in [0, 0.1) is 0 Å². The topological polar surface area (TPSA) is 78.6 Å². The van der Waals surface area contributed by atoms with E-state index in [-0.39, 0.29) is 0 Å². The van der Waals surface area contributed by atoms with Crippen LogP contribution in [0.2, 0.25) is 0 Å². The summed E-state index contributed by atoms with van der Waals surface area (Å²) in [7, 11) is 0. The minimum absolute atomic E-state index is 0.323. The Labute approximate surface area is 144 Å². The summed E-state index contributed by atoms with van der Waals surface area (Å²) in [6, 6.07) is 15.3. The highest BCUT2D eigenvalue weighted by atomic mass is 35.5. The highest BCUT2D eigenvalue weighted by Crippen LogP contribution is 2.35. The van der Waals surface area contributed by atoms with Gasteiger partial charge in [0, 0.05) is 0 Å². The minimum Gasteiger partial charge on any atom is -0.422 e. The van der Waals surface area contributed by atoms with Gasteiger partial charge in [-0.15, -0.1) is 11.6 Å². The Morgan fingerprint density at radius 3 is 2.58 bits per heavy atom. The summed E-state index contributed by atoms with van der Waals surface area (Å²) in [6.45, 7) is 0. The van der Waals surface area contributed by atoms with Crippen LogP contribution >= 0.6 is 11.6 Å². The average molecular weight is 346 g/mol. The average Bonchev–Trinajstić information content (AvgIpc) is 2.60. The number of hydrogen-bond donors (Lipinski definition) is 1. The Morgan fingerprint density at radius 2 is 1.83 bits per heavy atom. The van der Waals surface area contributed by atoms with Crippen molar-refractivity contribution in [2.75, 3.05) is 0 Å². The van der Waals surface area contributed by atoms with Crippen LogP contribution < -0.4 is 5.73 Å². The third-order valence-electron chi connectivity index (χ3n) is 3.77. The van der Waals surface area contributed by atoms with Gasteiger partial charge in [0.1, 0.15) is 11.4 Å². The molecule has 2 unspecified atom stereocenters. The van der Waals surface area contributed by atoms with Crippen LogP contribution in [0.5, 0.6) is 0 Å². The summed E-state index contributed by atoms with van der Waals surface area (Å²) in [4.78, 5) is 24.2. The molecule has 1 aliphatic rings. The highest BCUT2D eigenvalue weighted by molar-refractivity contribution is 6.22. The maximum atomic E-state index is 12.2. The minimum atomic E-state index is -1.19. The summed E-state index contributed by atoms with van der Waals surface area (Å²) in [5.41, 5.74) is 7.74. The number of esters is 2. The van der Waals surface area contributed by atoms with Crippen LogP contribution in [0.15, 0.2) is 54.6 Å². The second kappa shape index (κ2) is 7.03. The number of ether oxygens (including phenoxy) is 2. The van der Waals surface area contributed by atoms with E-state index >= 15 is 0 Å². The normalized spacial score (nSPS) is 20.7. The van der Waals surface area contributed by atoms with Crippen LogP contribution in [0.4, 0.5) is 0 Å². The molecule has 0 aliphatic carbocycles. The number of benzene rings is 2. The quantitative estimate of drug-likeness (QED) is 0.680. The van der Waals surface area contributed by atoms with E-state index in [0.29, 0.717) is 17.5 Å². The van der Waals surface area contributed by atoms with E-state index in [0.717, 1.165) is 5.56 Å². The zero-order valence-corrected chi connectivity index (χ0v) is 13.5. The van der Waals surface area contributed by atoms with E-state index < -0.39 is 29.6 Å². The van der Waals surface area contributed by atoms with Crippen molar-refractivity contribution in [2.45, 2.75) is 24.1 Å². The fourth-order valence-corrected chi connectivity index (χ4v) is 2.83. The molecular weight excluding hydrogens is 330 g/mol. The molecule has 1 aliphatic heterocycles. The van der Waals surface area contributed by atoms with E-state index in [1.54, 1.807) is 24.3 Å². The zero-order chi connectivity index (χ0) is 17.1. The highest BCUT2D eigenvalue weighted by Gasteiger charge is 2.37. The van der Waals surface area contributed by atoms with Crippen LogP contribution in [-0.2, 0) is 20.7 Å². The molecule has 3 atom stereocenters. The largest absolute Gasteiger partial charge is 0.422 e. The maximum absolute atomic E-state index is 12.2. The lowest BCUT2D eigenvalue weighted by molar-refractivity contribution is -0.171. The molecule has 2 aromatic rings. The molecule has 5 nitrogen and oxygen atoms in total. The second-order valence-electron chi connectivity index (χ2n) is 5.50. The van der Waals surface area contributed by atoms with Gasteiger partial charge in [-0.05, 0) is 23.6 Å². The molecule has 2 N–H and O–H groups in total. The summed E-state index contributed by atoms with van der Waals surface area (Å²) >= 11 is 6.29. The lowest BCUT2D eigenvalue weighted by atomic mass is 10.0. The van der Waals surface area contributed by atoms with Crippen molar-refractivity contribution in [3.63, 3.8) is 0 Å². The van der Waals surface area contributed by atoms with Gasteiger partial charge in [-0.2, -0.15) is 0 Å². The molecule has 1 heterocycles.